The van der Waals surface area contributed by atoms with Gasteiger partial charge in [-0.25, -0.2) is 0 Å². The van der Waals surface area contributed by atoms with Crippen molar-refractivity contribution >= 4 is 29.8 Å². The van der Waals surface area contributed by atoms with Gasteiger partial charge in [0.15, 0.2) is 6.19 Å². The molecule has 0 fully saturated rings. The molecule has 0 saturated heterocycles. The first kappa shape index (κ1) is 6.73. The average molecular weight is 132 g/mol. The largest absolute Gasteiger partial charge is 0.286 e. The predicted molar refractivity (Wildman–Crippen MR) is 35.2 cm³/mol. The Morgan fingerprint density at radius 2 is 2.57 bits per heavy atom. The molecule has 38 valence electrons. The van der Waals surface area contributed by atoms with Crippen LogP contribution in [0.25, 0.3) is 0 Å². The summed E-state index contributed by atoms with van der Waals surface area (Å²) in [6.07, 6.45) is 1.68. The summed E-state index contributed by atoms with van der Waals surface area (Å²) < 4.78 is 0. The molecule has 0 spiro atoms. The van der Waals surface area contributed by atoms with Crippen LogP contribution in [0.2, 0.25) is 0 Å². The van der Waals surface area contributed by atoms with Crippen molar-refractivity contribution in [3.8, 4) is 6.19 Å². The van der Waals surface area contributed by atoms with E-state index in [1.54, 1.807) is 6.19 Å². The van der Waals surface area contributed by atoms with Crippen molar-refractivity contribution in [2.24, 2.45) is 0 Å². The van der Waals surface area contributed by atoms with Crippen molar-refractivity contribution in [1.82, 2.24) is 5.32 Å². The lowest BCUT2D eigenvalue weighted by Crippen LogP contribution is -2.15. The fourth-order valence-electron chi connectivity index (χ4n) is 0.102. The molecule has 7 heavy (non-hydrogen) atoms. The minimum absolute atomic E-state index is 0.433. The Morgan fingerprint density at radius 3 is 2.71 bits per heavy atom. The van der Waals surface area contributed by atoms with Crippen LogP contribution in [0, 0.1) is 11.5 Å². The molecule has 0 aliphatic rings. The van der Waals surface area contributed by atoms with Gasteiger partial charge >= 0.3 is 0 Å². The topological polar surface area (TPSA) is 35.8 Å². The SMILES string of the molecule is N#CNC(=S)CS. The van der Waals surface area contributed by atoms with Crippen molar-refractivity contribution in [2.45, 2.75) is 0 Å². The first-order valence-electron chi connectivity index (χ1n) is 1.60. The second kappa shape index (κ2) is 3.90. The summed E-state index contributed by atoms with van der Waals surface area (Å²) in [5, 5.41) is 10.1. The van der Waals surface area contributed by atoms with Gasteiger partial charge in [-0.2, -0.15) is 17.9 Å². The third-order valence-electron chi connectivity index (χ3n) is 0.339. The summed E-state index contributed by atoms with van der Waals surface area (Å²) in [6.45, 7) is 0. The van der Waals surface area contributed by atoms with Gasteiger partial charge in [-0.3, -0.25) is 5.32 Å². The Hall–Kier alpha value is -0.270. The number of hydrogen-bond donors (Lipinski definition) is 2. The number of thiol groups is 1. The fraction of sp³-hybridized carbons (Fsp3) is 0.333. The third kappa shape index (κ3) is 3.56. The molecular formula is C3H4N2S2. The normalized spacial score (nSPS) is 6.86. The van der Waals surface area contributed by atoms with E-state index < -0.39 is 0 Å². The smallest absolute Gasteiger partial charge is 0.181 e. The maximum atomic E-state index is 7.89. The van der Waals surface area contributed by atoms with Crippen LogP contribution in [0.15, 0.2) is 0 Å². The van der Waals surface area contributed by atoms with Gasteiger partial charge in [0.1, 0.15) is 0 Å². The fourth-order valence-corrected chi connectivity index (χ4v) is 0.227. The summed E-state index contributed by atoms with van der Waals surface area (Å²) in [6, 6.07) is 0. The molecule has 0 radical (unpaired) electrons. The molecule has 0 amide bonds. The van der Waals surface area contributed by atoms with Gasteiger partial charge in [0.25, 0.3) is 0 Å². The van der Waals surface area contributed by atoms with Gasteiger partial charge < -0.3 is 0 Å². The minimum Gasteiger partial charge on any atom is -0.286 e. The van der Waals surface area contributed by atoms with E-state index in [0.29, 0.717) is 10.7 Å². The summed E-state index contributed by atoms with van der Waals surface area (Å²) in [7, 11) is 0. The van der Waals surface area contributed by atoms with Crippen LogP contribution < -0.4 is 5.32 Å². The minimum atomic E-state index is 0.433. The summed E-state index contributed by atoms with van der Waals surface area (Å²) in [5.41, 5.74) is 0. The Bertz CT molecular complexity index is 104. The van der Waals surface area contributed by atoms with Gasteiger partial charge in [-0.1, -0.05) is 12.2 Å². The molecule has 0 rings (SSSR count). The number of nitriles is 1. The zero-order valence-corrected chi connectivity index (χ0v) is 5.22. The van der Waals surface area contributed by atoms with E-state index in [-0.39, 0.29) is 0 Å². The van der Waals surface area contributed by atoms with E-state index in [0.717, 1.165) is 0 Å². The molecule has 0 aliphatic heterocycles. The lowest BCUT2D eigenvalue weighted by atomic mass is 10.7. The summed E-state index contributed by atoms with van der Waals surface area (Å²) >= 11 is 8.34. The second-order valence-corrected chi connectivity index (χ2v) is 1.63. The molecule has 4 heteroatoms. The highest BCUT2D eigenvalue weighted by atomic mass is 32.1. The molecule has 0 heterocycles. The molecule has 1 N–H and O–H groups in total. The molecule has 0 aromatic heterocycles. The Morgan fingerprint density at radius 1 is 2.00 bits per heavy atom. The highest BCUT2D eigenvalue weighted by Crippen LogP contribution is 1.73. The van der Waals surface area contributed by atoms with Gasteiger partial charge in [-0.15, -0.1) is 0 Å². The zero-order valence-electron chi connectivity index (χ0n) is 3.51. The number of nitrogens with one attached hydrogen (secondary N) is 1. The second-order valence-electron chi connectivity index (χ2n) is 0.818. The Kier molecular flexibility index (Phi) is 3.75. The van der Waals surface area contributed by atoms with Gasteiger partial charge in [0, 0.05) is 5.75 Å². The number of thiocarbonyl (C=S) groups is 1. The van der Waals surface area contributed by atoms with Crippen molar-refractivity contribution in [3.63, 3.8) is 0 Å². The zero-order chi connectivity index (χ0) is 5.70. The maximum absolute atomic E-state index is 7.89. The van der Waals surface area contributed by atoms with E-state index in [1.807, 2.05) is 0 Å². The van der Waals surface area contributed by atoms with Crippen LogP contribution in [-0.2, 0) is 0 Å². The standard InChI is InChI=1S/C3H4N2S2/c4-2-5-3(7)1-6/h6H,1H2,(H,5,7). The first-order chi connectivity index (χ1) is 3.31. The highest BCUT2D eigenvalue weighted by Gasteiger charge is 1.83. The molecule has 0 aromatic carbocycles. The van der Waals surface area contributed by atoms with E-state index in [2.05, 4.69) is 30.2 Å². The van der Waals surface area contributed by atoms with E-state index >= 15 is 0 Å². The van der Waals surface area contributed by atoms with Crippen LogP contribution in [-0.4, -0.2) is 10.7 Å². The van der Waals surface area contributed by atoms with Gasteiger partial charge in [0.05, 0.1) is 4.99 Å². The molecule has 0 atom stereocenters. The molecule has 0 unspecified atom stereocenters. The average Bonchev–Trinajstić information content (AvgIpc) is 1.68. The number of rotatable bonds is 1. The van der Waals surface area contributed by atoms with Crippen molar-refractivity contribution < 1.29 is 0 Å². The van der Waals surface area contributed by atoms with Crippen LogP contribution in [0.4, 0.5) is 0 Å². The van der Waals surface area contributed by atoms with Crippen LogP contribution in [0.5, 0.6) is 0 Å². The van der Waals surface area contributed by atoms with Gasteiger partial charge in [-0.05, 0) is 0 Å². The first-order valence-corrected chi connectivity index (χ1v) is 2.64. The lowest BCUT2D eigenvalue weighted by molar-refractivity contribution is 1.29. The molecule has 0 aliphatic carbocycles. The van der Waals surface area contributed by atoms with Crippen molar-refractivity contribution in [2.75, 3.05) is 5.75 Å². The van der Waals surface area contributed by atoms with Gasteiger partial charge in [0.2, 0.25) is 0 Å². The van der Waals surface area contributed by atoms with Crippen LogP contribution in [0.1, 0.15) is 0 Å². The highest BCUT2D eigenvalue weighted by molar-refractivity contribution is 7.86. The number of nitrogens with zero attached hydrogens (tertiary/aromatic N) is 1. The molecule has 0 aromatic rings. The Labute approximate surface area is 52.9 Å². The van der Waals surface area contributed by atoms with Crippen LogP contribution >= 0.6 is 24.8 Å². The summed E-state index contributed by atoms with van der Waals surface area (Å²) in [5.74, 6) is 0.433. The third-order valence-corrected chi connectivity index (χ3v) is 1.12. The lowest BCUT2D eigenvalue weighted by Gasteiger charge is -1.88. The molecule has 0 bridgehead atoms. The summed E-state index contributed by atoms with van der Waals surface area (Å²) in [4.78, 5) is 0.464. The molecule has 2 nitrogen and oxygen atoms in total. The maximum Gasteiger partial charge on any atom is 0.181 e. The molecule has 0 saturated carbocycles. The Balaban J connectivity index is 3.23. The van der Waals surface area contributed by atoms with Crippen molar-refractivity contribution in [3.05, 3.63) is 0 Å². The van der Waals surface area contributed by atoms with E-state index in [9.17, 15) is 0 Å². The van der Waals surface area contributed by atoms with Crippen LogP contribution in [0.3, 0.4) is 0 Å². The molecular weight excluding hydrogens is 128 g/mol. The monoisotopic (exact) mass is 132 g/mol. The van der Waals surface area contributed by atoms with E-state index in [4.69, 9.17) is 5.26 Å². The van der Waals surface area contributed by atoms with E-state index in [1.165, 1.54) is 0 Å². The quantitative estimate of drug-likeness (QED) is 0.233. The predicted octanol–water partition coefficient (Wildman–Crippen LogP) is 0.314. The van der Waals surface area contributed by atoms with Crippen molar-refractivity contribution in [1.29, 1.82) is 5.26 Å². The number of hydrogen-bond acceptors (Lipinski definition) is 3.